The van der Waals surface area contributed by atoms with E-state index in [-0.39, 0.29) is 12.3 Å². The smallest absolute Gasteiger partial charge is 0.230 e. The predicted molar refractivity (Wildman–Crippen MR) is 98.1 cm³/mol. The number of ether oxygens (including phenoxy) is 3. The fourth-order valence-corrected chi connectivity index (χ4v) is 3.46. The highest BCUT2D eigenvalue weighted by Gasteiger charge is 2.15. The van der Waals surface area contributed by atoms with E-state index in [9.17, 15) is 4.79 Å². The van der Waals surface area contributed by atoms with Crippen LogP contribution in [0, 0.1) is 0 Å². The molecule has 3 aromatic rings. The van der Waals surface area contributed by atoms with Gasteiger partial charge in [-0.2, -0.15) is 0 Å². The number of hydrogen-bond donors (Lipinski definition) is 1. The molecule has 1 aromatic heterocycles. The monoisotopic (exact) mass is 358 g/mol. The third kappa shape index (κ3) is 3.66. The van der Waals surface area contributed by atoms with E-state index < -0.39 is 0 Å². The van der Waals surface area contributed by atoms with Crippen LogP contribution in [-0.4, -0.2) is 32.2 Å². The zero-order chi connectivity index (χ0) is 17.8. The van der Waals surface area contributed by atoms with Gasteiger partial charge in [0.2, 0.25) is 5.91 Å². The normalized spacial score (nSPS) is 10.5. The summed E-state index contributed by atoms with van der Waals surface area (Å²) in [5.74, 6) is 1.91. The summed E-state index contributed by atoms with van der Waals surface area (Å²) in [6.45, 7) is 0. The third-order valence-electron chi connectivity index (χ3n) is 3.66. The summed E-state index contributed by atoms with van der Waals surface area (Å²) in [7, 11) is 4.78. The van der Waals surface area contributed by atoms with E-state index in [0.717, 1.165) is 16.0 Å². The maximum atomic E-state index is 12.3. The molecule has 0 saturated heterocycles. The average Bonchev–Trinajstić information content (AvgIpc) is 3.04. The Labute approximate surface area is 149 Å². The van der Waals surface area contributed by atoms with Crippen molar-refractivity contribution in [1.82, 2.24) is 4.98 Å². The summed E-state index contributed by atoms with van der Waals surface area (Å²) in [4.78, 5) is 16.8. The van der Waals surface area contributed by atoms with Crippen LogP contribution in [0.15, 0.2) is 36.4 Å². The molecule has 0 bridgehead atoms. The number of amides is 1. The van der Waals surface area contributed by atoms with Crippen LogP contribution in [-0.2, 0) is 11.2 Å². The van der Waals surface area contributed by atoms with Crippen LogP contribution < -0.4 is 19.5 Å². The van der Waals surface area contributed by atoms with Crippen molar-refractivity contribution in [3.8, 4) is 17.2 Å². The van der Waals surface area contributed by atoms with Gasteiger partial charge in [-0.25, -0.2) is 4.98 Å². The molecular formula is C18H18N2O4S. The molecule has 1 N–H and O–H groups in total. The van der Waals surface area contributed by atoms with Gasteiger partial charge in [0.05, 0.1) is 27.8 Å². The fraction of sp³-hybridized carbons (Fsp3) is 0.222. The first-order valence-corrected chi connectivity index (χ1v) is 8.40. The Morgan fingerprint density at radius 3 is 2.56 bits per heavy atom. The van der Waals surface area contributed by atoms with E-state index >= 15 is 0 Å². The molecule has 3 rings (SSSR count). The maximum Gasteiger partial charge on any atom is 0.230 e. The van der Waals surface area contributed by atoms with E-state index in [0.29, 0.717) is 22.1 Å². The maximum absolute atomic E-state index is 12.3. The van der Waals surface area contributed by atoms with Crippen LogP contribution in [0.2, 0.25) is 0 Å². The van der Waals surface area contributed by atoms with Crippen LogP contribution in [0.4, 0.5) is 5.13 Å². The summed E-state index contributed by atoms with van der Waals surface area (Å²) in [5.41, 5.74) is 1.54. The molecule has 130 valence electrons. The van der Waals surface area contributed by atoms with Gasteiger partial charge in [0.15, 0.2) is 5.13 Å². The lowest BCUT2D eigenvalue weighted by molar-refractivity contribution is -0.115. The van der Waals surface area contributed by atoms with E-state index in [1.807, 2.05) is 30.3 Å². The van der Waals surface area contributed by atoms with Crippen molar-refractivity contribution in [3.63, 3.8) is 0 Å². The molecule has 7 heteroatoms. The summed E-state index contributed by atoms with van der Waals surface area (Å²) in [5, 5.41) is 3.34. The Balaban J connectivity index is 1.81. The molecule has 0 spiro atoms. The highest BCUT2D eigenvalue weighted by atomic mass is 32.1. The number of carbonyl (C=O) groups is 1. The minimum atomic E-state index is -0.148. The summed E-state index contributed by atoms with van der Waals surface area (Å²) >= 11 is 1.35. The molecule has 0 unspecified atom stereocenters. The van der Waals surface area contributed by atoms with Gasteiger partial charge in [0, 0.05) is 0 Å². The SMILES string of the molecule is COc1cccc(CC(=O)Nc2nc3c(OC)ccc(OC)c3s2)c1. The lowest BCUT2D eigenvalue weighted by Crippen LogP contribution is -2.14. The van der Waals surface area contributed by atoms with Gasteiger partial charge in [-0.15, -0.1) is 0 Å². The molecule has 0 radical (unpaired) electrons. The number of hydrogen-bond acceptors (Lipinski definition) is 6. The molecule has 0 aliphatic heterocycles. The van der Waals surface area contributed by atoms with Crippen LogP contribution in [0.25, 0.3) is 10.2 Å². The largest absolute Gasteiger partial charge is 0.497 e. The van der Waals surface area contributed by atoms with Crippen LogP contribution >= 0.6 is 11.3 Å². The molecule has 0 atom stereocenters. The van der Waals surface area contributed by atoms with Crippen molar-refractivity contribution in [1.29, 1.82) is 0 Å². The highest BCUT2D eigenvalue weighted by Crippen LogP contribution is 2.38. The number of fused-ring (bicyclic) bond motifs is 1. The second kappa shape index (κ2) is 7.40. The number of nitrogens with one attached hydrogen (secondary N) is 1. The first-order chi connectivity index (χ1) is 12.1. The second-order valence-electron chi connectivity index (χ2n) is 5.24. The lowest BCUT2D eigenvalue weighted by Gasteiger charge is -2.04. The number of benzene rings is 2. The second-order valence-corrected chi connectivity index (χ2v) is 6.24. The van der Waals surface area contributed by atoms with E-state index in [1.54, 1.807) is 27.4 Å². The van der Waals surface area contributed by atoms with Crippen molar-refractivity contribution in [2.24, 2.45) is 0 Å². The third-order valence-corrected chi connectivity index (χ3v) is 4.64. The molecule has 0 fully saturated rings. The fourth-order valence-electron chi connectivity index (χ4n) is 2.47. The van der Waals surface area contributed by atoms with Gasteiger partial charge in [0.25, 0.3) is 0 Å². The number of aromatic nitrogens is 1. The van der Waals surface area contributed by atoms with Crippen LogP contribution in [0.1, 0.15) is 5.56 Å². The average molecular weight is 358 g/mol. The van der Waals surface area contributed by atoms with Gasteiger partial charge in [-0.3, -0.25) is 4.79 Å². The quantitative estimate of drug-likeness (QED) is 0.730. The Morgan fingerprint density at radius 1 is 1.08 bits per heavy atom. The topological polar surface area (TPSA) is 69.7 Å². The first kappa shape index (κ1) is 17.0. The molecule has 6 nitrogen and oxygen atoms in total. The summed E-state index contributed by atoms with van der Waals surface area (Å²) in [6, 6.07) is 11.0. The first-order valence-electron chi connectivity index (χ1n) is 7.59. The van der Waals surface area contributed by atoms with Crippen LogP contribution in [0.3, 0.4) is 0 Å². The standard InChI is InChI=1S/C18H18N2O4S/c1-22-12-6-4-5-11(9-12)10-15(21)19-18-20-16-13(23-2)7-8-14(24-3)17(16)25-18/h4-9H,10H2,1-3H3,(H,19,20,21). The Bertz CT molecular complexity index is 866. The molecule has 2 aromatic carbocycles. The summed E-state index contributed by atoms with van der Waals surface area (Å²) in [6.07, 6.45) is 0.237. The van der Waals surface area contributed by atoms with Gasteiger partial charge in [-0.05, 0) is 29.8 Å². The zero-order valence-electron chi connectivity index (χ0n) is 14.2. The number of carbonyl (C=O) groups excluding carboxylic acids is 1. The van der Waals surface area contributed by atoms with Crippen molar-refractivity contribution in [3.05, 3.63) is 42.0 Å². The molecule has 0 aliphatic rings. The highest BCUT2D eigenvalue weighted by molar-refractivity contribution is 7.22. The van der Waals surface area contributed by atoms with E-state index in [2.05, 4.69) is 10.3 Å². The van der Waals surface area contributed by atoms with E-state index in [1.165, 1.54) is 11.3 Å². The number of rotatable bonds is 6. The molecule has 0 saturated carbocycles. The molecule has 1 heterocycles. The van der Waals surface area contributed by atoms with Crippen molar-refractivity contribution in [2.75, 3.05) is 26.6 Å². The van der Waals surface area contributed by atoms with Crippen LogP contribution in [0.5, 0.6) is 17.2 Å². The molecule has 1 amide bonds. The Kier molecular flexibility index (Phi) is 5.04. The number of thiazole rings is 1. The van der Waals surface area contributed by atoms with Crippen molar-refractivity contribution in [2.45, 2.75) is 6.42 Å². The van der Waals surface area contributed by atoms with Gasteiger partial charge in [-0.1, -0.05) is 23.5 Å². The van der Waals surface area contributed by atoms with Gasteiger partial charge >= 0.3 is 0 Å². The van der Waals surface area contributed by atoms with Gasteiger partial charge < -0.3 is 19.5 Å². The summed E-state index contributed by atoms with van der Waals surface area (Å²) < 4.78 is 16.7. The molecular weight excluding hydrogens is 340 g/mol. The lowest BCUT2D eigenvalue weighted by atomic mass is 10.1. The van der Waals surface area contributed by atoms with Gasteiger partial charge in [0.1, 0.15) is 27.5 Å². The Hall–Kier alpha value is -2.80. The zero-order valence-corrected chi connectivity index (χ0v) is 15.0. The minimum Gasteiger partial charge on any atom is -0.497 e. The van der Waals surface area contributed by atoms with Crippen molar-refractivity contribution >= 4 is 32.6 Å². The Morgan fingerprint density at radius 2 is 1.84 bits per heavy atom. The van der Waals surface area contributed by atoms with Crippen molar-refractivity contribution < 1.29 is 19.0 Å². The predicted octanol–water partition coefficient (Wildman–Crippen LogP) is 3.50. The molecule has 0 aliphatic carbocycles. The van der Waals surface area contributed by atoms with E-state index in [4.69, 9.17) is 14.2 Å². The number of anilines is 1. The number of methoxy groups -OCH3 is 3. The minimum absolute atomic E-state index is 0.148. The molecule has 25 heavy (non-hydrogen) atoms. The number of nitrogens with zero attached hydrogens (tertiary/aromatic N) is 1.